The van der Waals surface area contributed by atoms with Crippen LogP contribution >= 0.6 is 23.2 Å². The number of amides is 1. The maximum absolute atomic E-state index is 12.4. The smallest absolute Gasteiger partial charge is 0.293 e. The molecule has 0 aliphatic rings. The van der Waals surface area contributed by atoms with Gasteiger partial charge in [-0.25, -0.2) is 0 Å². The Morgan fingerprint density at radius 3 is 2.08 bits per heavy atom. The van der Waals surface area contributed by atoms with E-state index in [1.54, 1.807) is 26.2 Å². The minimum Gasteiger partial charge on any atom is -0.342 e. The molecule has 0 bridgehead atoms. The van der Waals surface area contributed by atoms with E-state index in [4.69, 9.17) is 28.3 Å². The number of benzene rings is 2. The number of hydrogen-bond donors (Lipinski definition) is 0. The summed E-state index contributed by atoms with van der Waals surface area (Å²) < 4.78 is 1.44. The minimum atomic E-state index is -0.288. The fourth-order valence-electron chi connectivity index (χ4n) is 3.07. The van der Waals surface area contributed by atoms with Gasteiger partial charge in [0.15, 0.2) is 5.65 Å². The van der Waals surface area contributed by atoms with Crippen molar-refractivity contribution in [3.63, 3.8) is 0 Å². The number of aromatic nitrogens is 4. The average Bonchev–Trinajstić information content (AvgIpc) is 3.37. The van der Waals surface area contributed by atoms with Crippen molar-refractivity contribution in [2.24, 2.45) is 0 Å². The highest BCUT2D eigenvalue weighted by Crippen LogP contribution is 2.35. The molecule has 8 heteroatoms. The predicted octanol–water partition coefficient (Wildman–Crippen LogP) is 9.05. The van der Waals surface area contributed by atoms with Gasteiger partial charge in [-0.3, -0.25) is 4.79 Å². The van der Waals surface area contributed by atoms with Gasteiger partial charge in [0.25, 0.3) is 5.91 Å². The lowest BCUT2D eigenvalue weighted by molar-refractivity contribution is 0.0813. The van der Waals surface area contributed by atoms with Crippen LogP contribution in [-0.4, -0.2) is 44.7 Å². The van der Waals surface area contributed by atoms with Crippen LogP contribution in [0.4, 0.5) is 0 Å². The third-order valence-corrected chi connectivity index (χ3v) is 5.91. The van der Waals surface area contributed by atoms with Crippen molar-refractivity contribution in [1.29, 1.82) is 0 Å². The van der Waals surface area contributed by atoms with Crippen LogP contribution in [0.5, 0.6) is 0 Å². The van der Waals surface area contributed by atoms with Crippen molar-refractivity contribution in [1.82, 2.24) is 24.7 Å². The summed E-state index contributed by atoms with van der Waals surface area (Å²) in [5.74, 6) is -0.152. The molecule has 39 heavy (non-hydrogen) atoms. The Bertz CT molecular complexity index is 1380. The topological polar surface area (TPSA) is 63.4 Å². The van der Waals surface area contributed by atoms with Crippen molar-refractivity contribution < 1.29 is 4.79 Å². The van der Waals surface area contributed by atoms with Crippen molar-refractivity contribution in [2.45, 2.75) is 48.0 Å². The quantitative estimate of drug-likeness (QED) is 0.231. The average molecular weight is 569 g/mol. The second-order valence-corrected chi connectivity index (χ2v) is 9.13. The van der Waals surface area contributed by atoms with Gasteiger partial charge in [0.2, 0.25) is 5.82 Å². The molecule has 0 aliphatic carbocycles. The summed E-state index contributed by atoms with van der Waals surface area (Å²) in [6, 6.07) is 16.7. The SMILES string of the molecule is C/C=C(\C)CC.C=CC.CC.CN(C)C(=O)c1nnc2cc(-c3ccc(Cl)cc3)c(-c3ccccc3Cl)nn12. The van der Waals surface area contributed by atoms with Gasteiger partial charge in [-0.2, -0.15) is 9.61 Å². The Balaban J connectivity index is 0.000000595. The van der Waals surface area contributed by atoms with Crippen LogP contribution in [0.15, 0.2) is 78.9 Å². The molecule has 2 aromatic carbocycles. The number of allylic oxidation sites excluding steroid dienone is 3. The molecule has 0 atom stereocenters. The van der Waals surface area contributed by atoms with E-state index in [0.29, 0.717) is 21.4 Å². The Morgan fingerprint density at radius 2 is 1.59 bits per heavy atom. The monoisotopic (exact) mass is 567 g/mol. The normalized spacial score (nSPS) is 10.3. The van der Waals surface area contributed by atoms with Crippen LogP contribution in [0.3, 0.4) is 0 Å². The lowest BCUT2D eigenvalue weighted by Gasteiger charge is -2.13. The molecule has 2 aromatic heterocycles. The second-order valence-electron chi connectivity index (χ2n) is 8.28. The molecular weight excluding hydrogens is 529 g/mol. The van der Waals surface area contributed by atoms with Gasteiger partial charge >= 0.3 is 0 Å². The molecule has 2 heterocycles. The summed E-state index contributed by atoms with van der Waals surface area (Å²) in [6.07, 6.45) is 5.08. The number of carbonyl (C=O) groups is 1. The van der Waals surface area contributed by atoms with Crippen molar-refractivity contribution in [3.8, 4) is 22.4 Å². The summed E-state index contributed by atoms with van der Waals surface area (Å²) in [5, 5.41) is 14.0. The second kappa shape index (κ2) is 17.2. The summed E-state index contributed by atoms with van der Waals surface area (Å²) >= 11 is 12.5. The van der Waals surface area contributed by atoms with Gasteiger partial charge in [0, 0.05) is 30.2 Å². The molecule has 0 aliphatic heterocycles. The number of hydrogen-bond acceptors (Lipinski definition) is 4. The number of carbonyl (C=O) groups excluding carboxylic acids is 1. The molecule has 1 amide bonds. The largest absolute Gasteiger partial charge is 0.342 e. The maximum Gasteiger partial charge on any atom is 0.293 e. The van der Waals surface area contributed by atoms with Crippen LogP contribution in [-0.2, 0) is 0 Å². The van der Waals surface area contributed by atoms with E-state index in [-0.39, 0.29) is 11.7 Å². The van der Waals surface area contributed by atoms with Crippen LogP contribution in [0.1, 0.15) is 58.6 Å². The van der Waals surface area contributed by atoms with E-state index < -0.39 is 0 Å². The first-order valence-corrected chi connectivity index (χ1v) is 13.6. The van der Waals surface area contributed by atoms with Gasteiger partial charge in [0.05, 0.1) is 5.02 Å². The van der Waals surface area contributed by atoms with Crippen LogP contribution in [0.25, 0.3) is 28.0 Å². The molecule has 6 nitrogen and oxygen atoms in total. The third kappa shape index (κ3) is 9.34. The number of nitrogens with zero attached hydrogens (tertiary/aromatic N) is 5. The lowest BCUT2D eigenvalue weighted by atomic mass is 10.00. The molecule has 4 rings (SSSR count). The van der Waals surface area contributed by atoms with Crippen molar-refractivity contribution in [3.05, 3.63) is 94.8 Å². The van der Waals surface area contributed by atoms with Gasteiger partial charge in [-0.15, -0.1) is 16.8 Å². The third-order valence-electron chi connectivity index (χ3n) is 5.33. The molecule has 0 N–H and O–H groups in total. The Hall–Kier alpha value is -3.48. The molecule has 208 valence electrons. The van der Waals surface area contributed by atoms with Crippen molar-refractivity contribution in [2.75, 3.05) is 14.1 Å². The van der Waals surface area contributed by atoms with E-state index in [0.717, 1.165) is 16.7 Å². The first-order chi connectivity index (χ1) is 18.7. The Morgan fingerprint density at radius 1 is 1.00 bits per heavy atom. The van der Waals surface area contributed by atoms with E-state index in [1.807, 2.05) is 69.3 Å². The Kier molecular flexibility index (Phi) is 14.8. The van der Waals surface area contributed by atoms with Crippen LogP contribution in [0.2, 0.25) is 10.0 Å². The predicted molar refractivity (Wildman–Crippen MR) is 167 cm³/mol. The first kappa shape index (κ1) is 33.5. The number of fused-ring (bicyclic) bond motifs is 1. The highest BCUT2D eigenvalue weighted by Gasteiger charge is 2.21. The fraction of sp³-hybridized carbons (Fsp3) is 0.290. The minimum absolute atomic E-state index is 0.135. The lowest BCUT2D eigenvalue weighted by Crippen LogP contribution is -2.24. The fourth-order valence-corrected chi connectivity index (χ4v) is 3.42. The van der Waals surface area contributed by atoms with Crippen LogP contribution < -0.4 is 0 Å². The van der Waals surface area contributed by atoms with E-state index in [1.165, 1.54) is 21.4 Å². The highest BCUT2D eigenvalue weighted by molar-refractivity contribution is 6.33. The van der Waals surface area contributed by atoms with Gasteiger partial charge in [-0.05, 0) is 57.0 Å². The Labute approximate surface area is 243 Å². The number of halogens is 2. The molecular formula is C31H39Cl2N5O. The van der Waals surface area contributed by atoms with Gasteiger partial charge in [0.1, 0.15) is 5.69 Å². The summed E-state index contributed by atoms with van der Waals surface area (Å²) in [5.41, 5.74) is 5.01. The number of rotatable bonds is 4. The summed E-state index contributed by atoms with van der Waals surface area (Å²) in [6.45, 7) is 15.6. The van der Waals surface area contributed by atoms with Gasteiger partial charge in [-0.1, -0.05) is 92.0 Å². The molecule has 0 fully saturated rings. The molecule has 0 saturated heterocycles. The molecule has 0 unspecified atom stereocenters. The summed E-state index contributed by atoms with van der Waals surface area (Å²) in [7, 11) is 3.31. The van der Waals surface area contributed by atoms with Crippen LogP contribution in [0, 0.1) is 0 Å². The van der Waals surface area contributed by atoms with E-state index >= 15 is 0 Å². The first-order valence-electron chi connectivity index (χ1n) is 12.9. The zero-order valence-electron chi connectivity index (χ0n) is 24.2. The van der Waals surface area contributed by atoms with Gasteiger partial charge < -0.3 is 4.90 Å². The molecule has 0 spiro atoms. The van der Waals surface area contributed by atoms with E-state index in [2.05, 4.69) is 43.6 Å². The molecule has 0 radical (unpaired) electrons. The molecule has 4 aromatic rings. The van der Waals surface area contributed by atoms with E-state index in [9.17, 15) is 4.79 Å². The zero-order valence-corrected chi connectivity index (χ0v) is 25.7. The zero-order chi connectivity index (χ0) is 29.5. The molecule has 0 saturated carbocycles. The van der Waals surface area contributed by atoms with Crippen molar-refractivity contribution >= 4 is 34.8 Å². The highest BCUT2D eigenvalue weighted by atomic mass is 35.5. The summed E-state index contributed by atoms with van der Waals surface area (Å²) in [4.78, 5) is 13.9. The standard InChI is InChI=1S/C20H15Cl2N5O.C6H12.C3H6.C2H6/c1-26(2)20(28)19-24-23-17-11-15(12-7-9-13(21)10-8-12)18(25-27(17)19)14-5-3-4-6-16(14)22;1-4-6(3)5-2;1-3-2;1-2/h3-11H,1-2H3;4H,5H2,1-3H3;3H,1H2,2H3;1-2H3/b;6-4+;;. The maximum atomic E-state index is 12.4.